The first-order valence-corrected chi connectivity index (χ1v) is 0.612. The summed E-state index contributed by atoms with van der Waals surface area (Å²) in [6.07, 6.45) is -2.33. The van der Waals surface area contributed by atoms with Crippen molar-refractivity contribution in [3.05, 3.63) is 0 Å². The number of carbonyl (C=O) groups excluding carboxylic acids is 1. The van der Waals surface area contributed by atoms with Crippen LogP contribution in [0.2, 0.25) is 0 Å². The van der Waals surface area contributed by atoms with Crippen molar-refractivity contribution in [1.82, 2.24) is 0 Å². The summed E-state index contributed by atoms with van der Waals surface area (Å²) < 4.78 is 0. The van der Waals surface area contributed by atoms with E-state index < -0.39 is 6.16 Å². The van der Waals surface area contributed by atoms with Crippen LogP contribution in [0.1, 0.15) is 0 Å². The third-order valence-electron chi connectivity index (χ3n) is 0. The smallest absolute Gasteiger partial charge is 0.870 e. The van der Waals surface area contributed by atoms with Gasteiger partial charge >= 0.3 is 51.4 Å². The van der Waals surface area contributed by atoms with E-state index in [-0.39, 0.29) is 56.9 Å². The van der Waals surface area contributed by atoms with Crippen molar-refractivity contribution in [2.45, 2.75) is 0 Å². The molecule has 0 saturated carbocycles. The Labute approximate surface area is 76.9 Å². The molecule has 1 N–H and O–H groups in total. The van der Waals surface area contributed by atoms with Crippen LogP contribution < -0.4 is 61.6 Å². The molecule has 32 valence electrons. The van der Waals surface area contributed by atoms with Crippen LogP contribution in [0.5, 0.6) is 0 Å². The molecule has 0 aromatic heterocycles. The van der Waals surface area contributed by atoms with E-state index in [2.05, 4.69) is 0 Å². The fourth-order valence-corrected chi connectivity index (χ4v) is 0. The van der Waals surface area contributed by atoms with Crippen LogP contribution in [-0.2, 0) is 0 Å². The number of hydrogen-bond acceptors (Lipinski definition) is 4. The zero-order valence-corrected chi connectivity index (χ0v) is 6.30. The Balaban J connectivity index is -0.0000000450. The van der Waals surface area contributed by atoms with Gasteiger partial charge in [0.1, 0.15) is 0 Å². The van der Waals surface area contributed by atoms with Gasteiger partial charge in [0.25, 0.3) is 0 Å². The molecule has 0 aliphatic rings. The van der Waals surface area contributed by atoms with Gasteiger partial charge in [-0.1, -0.05) is 0 Å². The summed E-state index contributed by atoms with van der Waals surface area (Å²) in [5, 5.41) is 16.7. The van der Waals surface area contributed by atoms with Gasteiger partial charge in [-0.15, -0.1) is 0 Å². The van der Waals surface area contributed by atoms with E-state index in [0.29, 0.717) is 0 Å². The van der Waals surface area contributed by atoms with Gasteiger partial charge in [0.2, 0.25) is 0 Å². The normalized spacial score (nSPS) is 4.00. The van der Waals surface area contributed by atoms with Gasteiger partial charge in [-0.25, -0.2) is 0 Å². The molecule has 0 aromatic rings. The minimum Gasteiger partial charge on any atom is -0.870 e. The van der Waals surface area contributed by atoms with Crippen molar-refractivity contribution < 1.29 is 71.9 Å². The molecule has 4 nitrogen and oxygen atoms in total. The van der Waals surface area contributed by atoms with Gasteiger partial charge in [-0.05, 0) is 6.16 Å². The van der Waals surface area contributed by atoms with Crippen LogP contribution in [-0.4, -0.2) is 11.6 Å². The van der Waals surface area contributed by atoms with Gasteiger partial charge in [0.15, 0.2) is 0 Å². The Bertz CT molecular complexity index is 30.5. The monoisotopic (exact) mass is 116 g/mol. The maximum atomic E-state index is 8.33. The molecule has 0 rings (SSSR count). The molecule has 0 saturated heterocycles. The Morgan fingerprint density at radius 3 is 1.33 bits per heavy atom. The second-order valence-corrected chi connectivity index (χ2v) is 0.250. The Hall–Kier alpha value is 0.866. The van der Waals surface area contributed by atoms with Crippen molar-refractivity contribution in [2.24, 2.45) is 0 Å². The SMILES string of the molecule is O=C([O-])[O-].[K+].[OH-]. The molecule has 0 spiro atoms. The molecule has 0 heterocycles. The zero-order valence-electron chi connectivity index (χ0n) is 3.17. The molecule has 0 aliphatic carbocycles. The number of carbonyl (C=O) groups is 1. The van der Waals surface area contributed by atoms with E-state index in [0.717, 1.165) is 0 Å². The predicted octanol–water partition coefficient (Wildman–Crippen LogP) is -5.62. The van der Waals surface area contributed by atoms with Gasteiger partial charge in [0, 0.05) is 0 Å². The van der Waals surface area contributed by atoms with Crippen LogP contribution in [0.3, 0.4) is 0 Å². The summed E-state index contributed by atoms with van der Waals surface area (Å²) in [6.45, 7) is 0. The fraction of sp³-hybridized carbons (Fsp3) is 0. The largest absolute Gasteiger partial charge is 1.00 e. The topological polar surface area (TPSA) is 93.2 Å². The van der Waals surface area contributed by atoms with Crippen LogP contribution in [0.4, 0.5) is 4.79 Å². The van der Waals surface area contributed by atoms with Gasteiger partial charge in [0.05, 0.1) is 0 Å². The summed E-state index contributed by atoms with van der Waals surface area (Å²) in [5.41, 5.74) is 0. The van der Waals surface area contributed by atoms with Crippen LogP contribution in [0, 0.1) is 0 Å². The number of rotatable bonds is 0. The standard InChI is InChI=1S/CH2O3.K.H2O/c2-1(3)4;;/h(H2,2,3,4);;1H2/q;+1;/p-3. The predicted molar refractivity (Wildman–Crippen MR) is 7.33 cm³/mol. The summed E-state index contributed by atoms with van der Waals surface area (Å²) >= 11 is 0. The first kappa shape index (κ1) is 15.8. The molecule has 0 radical (unpaired) electrons. The number of hydrogen-bond donors (Lipinski definition) is 0. The molecule has 5 heteroatoms. The zero-order chi connectivity index (χ0) is 3.58. The molecule has 0 bridgehead atoms. The second-order valence-electron chi connectivity index (χ2n) is 0.250. The van der Waals surface area contributed by atoms with E-state index >= 15 is 0 Å². The first-order valence-electron chi connectivity index (χ1n) is 0.612. The van der Waals surface area contributed by atoms with E-state index in [1.165, 1.54) is 0 Å². The van der Waals surface area contributed by atoms with Crippen molar-refractivity contribution in [3.8, 4) is 0 Å². The summed E-state index contributed by atoms with van der Waals surface area (Å²) in [5.74, 6) is 0. The quantitative estimate of drug-likeness (QED) is 0.295. The van der Waals surface area contributed by atoms with Crippen molar-refractivity contribution in [2.75, 3.05) is 0 Å². The molecule has 0 atom stereocenters. The molecule has 0 aromatic carbocycles. The Morgan fingerprint density at radius 2 is 1.33 bits per heavy atom. The fourth-order valence-electron chi connectivity index (χ4n) is 0. The average Bonchev–Trinajstić information content (AvgIpc) is 0.811. The maximum Gasteiger partial charge on any atom is 1.00 e. The van der Waals surface area contributed by atoms with Crippen LogP contribution >= 0.6 is 0 Å². The summed E-state index contributed by atoms with van der Waals surface area (Å²) in [7, 11) is 0. The van der Waals surface area contributed by atoms with E-state index in [1.807, 2.05) is 0 Å². The average molecular weight is 116 g/mol. The molecular formula is CHKO4-2. The Morgan fingerprint density at radius 1 is 1.33 bits per heavy atom. The van der Waals surface area contributed by atoms with E-state index in [4.69, 9.17) is 15.0 Å². The maximum absolute atomic E-state index is 8.33. The van der Waals surface area contributed by atoms with Gasteiger partial charge in [-0.3, -0.25) is 0 Å². The minimum atomic E-state index is -2.33. The second kappa shape index (κ2) is 9.29. The third-order valence-corrected chi connectivity index (χ3v) is 0. The molecule has 6 heavy (non-hydrogen) atoms. The molecule has 0 amide bonds. The first-order chi connectivity index (χ1) is 1.73. The Kier molecular flexibility index (Phi) is 24.5. The number of carboxylic acid groups (broad SMARTS) is 2. The molecule has 0 unspecified atom stereocenters. The third kappa shape index (κ3) is 96.9. The summed E-state index contributed by atoms with van der Waals surface area (Å²) in [6, 6.07) is 0. The molecule has 0 fully saturated rings. The van der Waals surface area contributed by atoms with E-state index in [1.54, 1.807) is 0 Å². The van der Waals surface area contributed by atoms with Crippen LogP contribution in [0.15, 0.2) is 0 Å². The molecular weight excluding hydrogens is 115 g/mol. The molecule has 0 aliphatic heterocycles. The van der Waals surface area contributed by atoms with E-state index in [9.17, 15) is 0 Å². The van der Waals surface area contributed by atoms with Crippen molar-refractivity contribution in [3.63, 3.8) is 0 Å². The summed E-state index contributed by atoms with van der Waals surface area (Å²) in [4.78, 5) is 8.33. The van der Waals surface area contributed by atoms with Crippen molar-refractivity contribution in [1.29, 1.82) is 0 Å². The minimum absolute atomic E-state index is 0. The van der Waals surface area contributed by atoms with Gasteiger partial charge < -0.3 is 20.5 Å². The van der Waals surface area contributed by atoms with Crippen molar-refractivity contribution >= 4 is 6.16 Å². The van der Waals surface area contributed by atoms with Gasteiger partial charge in [-0.2, -0.15) is 0 Å². The van der Waals surface area contributed by atoms with Crippen LogP contribution in [0.25, 0.3) is 0 Å².